The molecule has 0 spiro atoms. The predicted molar refractivity (Wildman–Crippen MR) is 49.2 cm³/mol. The van der Waals surface area contributed by atoms with Crippen molar-refractivity contribution in [3.8, 4) is 5.75 Å². The van der Waals surface area contributed by atoms with Crippen molar-refractivity contribution < 1.29 is 9.66 Å². The van der Waals surface area contributed by atoms with Crippen molar-refractivity contribution in [3.05, 3.63) is 33.9 Å². The lowest BCUT2D eigenvalue weighted by Gasteiger charge is -2.02. The molecule has 0 N–H and O–H groups in total. The summed E-state index contributed by atoms with van der Waals surface area (Å²) in [6.45, 7) is 1.67. The number of alkyl halides is 1. The Kier molecular flexibility index (Phi) is 3.08. The fourth-order valence-electron chi connectivity index (χ4n) is 0.939. The second-order valence-electron chi connectivity index (χ2n) is 2.46. The molecule has 0 unspecified atom stereocenters. The van der Waals surface area contributed by atoms with Crippen molar-refractivity contribution in [1.82, 2.24) is 0 Å². The van der Waals surface area contributed by atoms with Crippen LogP contribution in [-0.2, 0) is 0 Å². The first-order valence-electron chi connectivity index (χ1n) is 3.59. The molecule has 0 aliphatic rings. The van der Waals surface area contributed by atoms with E-state index < -0.39 is 4.92 Å². The Morgan fingerprint density at radius 1 is 1.62 bits per heavy atom. The van der Waals surface area contributed by atoms with E-state index >= 15 is 0 Å². The van der Waals surface area contributed by atoms with Gasteiger partial charge in [0.2, 0.25) is 0 Å². The van der Waals surface area contributed by atoms with E-state index in [9.17, 15) is 10.1 Å². The van der Waals surface area contributed by atoms with E-state index in [0.717, 1.165) is 0 Å². The van der Waals surface area contributed by atoms with Crippen LogP contribution in [0.15, 0.2) is 18.2 Å². The summed E-state index contributed by atoms with van der Waals surface area (Å²) in [4.78, 5) is 10.0. The van der Waals surface area contributed by atoms with E-state index in [1.165, 1.54) is 6.07 Å². The van der Waals surface area contributed by atoms with E-state index in [0.29, 0.717) is 11.3 Å². The monoisotopic (exact) mass is 201 g/mol. The molecule has 13 heavy (non-hydrogen) atoms. The lowest BCUT2D eigenvalue weighted by Crippen LogP contribution is -1.94. The van der Waals surface area contributed by atoms with Gasteiger partial charge in [-0.2, -0.15) is 0 Å². The minimum absolute atomic E-state index is 0.0137. The van der Waals surface area contributed by atoms with Crippen molar-refractivity contribution >= 4 is 17.3 Å². The van der Waals surface area contributed by atoms with Gasteiger partial charge in [-0.3, -0.25) is 10.1 Å². The first-order valence-corrected chi connectivity index (χ1v) is 4.12. The van der Waals surface area contributed by atoms with Gasteiger partial charge >= 0.3 is 0 Å². The summed E-state index contributed by atoms with van der Waals surface area (Å²) in [5.41, 5.74) is 0.648. The van der Waals surface area contributed by atoms with Crippen LogP contribution in [-0.4, -0.2) is 11.0 Å². The molecule has 0 aromatic heterocycles. The summed E-state index contributed by atoms with van der Waals surface area (Å²) >= 11 is 5.32. The van der Waals surface area contributed by atoms with Gasteiger partial charge in [0.1, 0.15) is 5.75 Å². The van der Waals surface area contributed by atoms with Crippen LogP contribution in [0.2, 0.25) is 0 Å². The fourth-order valence-corrected chi connectivity index (χ4v) is 1.06. The van der Waals surface area contributed by atoms with Crippen LogP contribution in [0, 0.1) is 17.0 Å². The molecule has 0 radical (unpaired) electrons. The van der Waals surface area contributed by atoms with Crippen molar-refractivity contribution in [3.63, 3.8) is 0 Å². The summed E-state index contributed by atoms with van der Waals surface area (Å²) in [6.07, 6.45) is 0. The van der Waals surface area contributed by atoms with Gasteiger partial charge in [-0.15, -0.1) is 0 Å². The maximum absolute atomic E-state index is 10.5. The molecule has 0 aliphatic carbocycles. The summed E-state index contributed by atoms with van der Waals surface area (Å²) in [7, 11) is 0. The van der Waals surface area contributed by atoms with Crippen molar-refractivity contribution in [2.24, 2.45) is 0 Å². The molecular formula is C8H8ClNO3. The van der Waals surface area contributed by atoms with Gasteiger partial charge in [-0.05, 0) is 19.1 Å². The molecule has 4 nitrogen and oxygen atoms in total. The molecule has 0 amide bonds. The molecule has 0 saturated carbocycles. The molecular weight excluding hydrogens is 194 g/mol. The maximum Gasteiger partial charge on any atom is 0.276 e. The molecule has 0 fully saturated rings. The van der Waals surface area contributed by atoms with Gasteiger partial charge in [-0.25, -0.2) is 0 Å². The summed E-state index contributed by atoms with van der Waals surface area (Å²) in [6, 6.07) is 4.61. The number of benzene rings is 1. The third-order valence-corrected chi connectivity index (χ3v) is 1.71. The zero-order valence-corrected chi connectivity index (χ0v) is 7.75. The normalized spacial score (nSPS) is 9.69. The summed E-state index contributed by atoms with van der Waals surface area (Å²) < 4.78 is 4.91. The number of hydrogen-bond acceptors (Lipinski definition) is 3. The average Bonchev–Trinajstić information content (AvgIpc) is 2.08. The number of nitro benzene ring substituents is 1. The standard InChI is InChI=1S/C8H8ClNO3/c1-6-2-3-7(13-5-9)4-8(6)10(11)12/h2-4H,5H2,1H3. The highest BCUT2D eigenvalue weighted by Gasteiger charge is 2.10. The van der Waals surface area contributed by atoms with Crippen LogP contribution >= 0.6 is 11.6 Å². The Hall–Kier alpha value is -1.29. The zero-order valence-electron chi connectivity index (χ0n) is 6.99. The number of rotatable bonds is 3. The third-order valence-electron chi connectivity index (χ3n) is 1.60. The van der Waals surface area contributed by atoms with Crippen LogP contribution in [0.5, 0.6) is 5.75 Å². The lowest BCUT2D eigenvalue weighted by molar-refractivity contribution is -0.385. The predicted octanol–water partition coefficient (Wildman–Crippen LogP) is 2.48. The minimum Gasteiger partial charge on any atom is -0.478 e. The van der Waals surface area contributed by atoms with E-state index in [4.69, 9.17) is 16.3 Å². The van der Waals surface area contributed by atoms with E-state index in [2.05, 4.69) is 0 Å². The van der Waals surface area contributed by atoms with Crippen molar-refractivity contribution in [2.75, 3.05) is 6.07 Å². The van der Waals surface area contributed by atoms with Gasteiger partial charge in [0.15, 0.2) is 6.07 Å². The number of nitrogens with zero attached hydrogens (tertiary/aromatic N) is 1. The maximum atomic E-state index is 10.5. The Bertz CT molecular complexity index is 327. The quantitative estimate of drug-likeness (QED) is 0.429. The second kappa shape index (κ2) is 4.09. The highest BCUT2D eigenvalue weighted by atomic mass is 35.5. The Morgan fingerprint density at radius 3 is 2.85 bits per heavy atom. The fraction of sp³-hybridized carbons (Fsp3) is 0.250. The summed E-state index contributed by atoms with van der Waals surface area (Å²) in [5.74, 6) is 0.410. The molecule has 5 heteroatoms. The topological polar surface area (TPSA) is 52.4 Å². The Morgan fingerprint density at radius 2 is 2.31 bits per heavy atom. The Labute approximate surface area is 80.2 Å². The smallest absolute Gasteiger partial charge is 0.276 e. The first-order chi connectivity index (χ1) is 6.15. The van der Waals surface area contributed by atoms with Crippen LogP contribution < -0.4 is 4.74 Å². The highest BCUT2D eigenvalue weighted by molar-refractivity contribution is 6.17. The van der Waals surface area contributed by atoms with Gasteiger partial charge in [0, 0.05) is 5.56 Å². The number of halogens is 1. The lowest BCUT2D eigenvalue weighted by atomic mass is 10.2. The van der Waals surface area contributed by atoms with Crippen molar-refractivity contribution in [2.45, 2.75) is 6.92 Å². The molecule has 0 atom stereocenters. The molecule has 1 aromatic rings. The molecule has 0 bridgehead atoms. The molecule has 0 heterocycles. The third kappa shape index (κ3) is 2.32. The van der Waals surface area contributed by atoms with Crippen LogP contribution in [0.4, 0.5) is 5.69 Å². The molecule has 0 saturated heterocycles. The van der Waals surface area contributed by atoms with E-state index in [1.807, 2.05) is 0 Å². The minimum atomic E-state index is -0.448. The van der Waals surface area contributed by atoms with Crippen molar-refractivity contribution in [1.29, 1.82) is 0 Å². The van der Waals surface area contributed by atoms with Gasteiger partial charge in [0.25, 0.3) is 5.69 Å². The van der Waals surface area contributed by atoms with Gasteiger partial charge in [-0.1, -0.05) is 11.6 Å². The SMILES string of the molecule is Cc1ccc(OCCl)cc1[N+](=O)[O-]. The highest BCUT2D eigenvalue weighted by Crippen LogP contribution is 2.23. The number of ether oxygens (including phenoxy) is 1. The first kappa shape index (κ1) is 9.80. The molecule has 0 aliphatic heterocycles. The van der Waals surface area contributed by atoms with E-state index in [-0.39, 0.29) is 11.8 Å². The molecule has 70 valence electrons. The zero-order chi connectivity index (χ0) is 9.84. The Balaban J connectivity index is 3.04. The number of aryl methyl sites for hydroxylation is 1. The van der Waals surface area contributed by atoms with Gasteiger partial charge in [0.05, 0.1) is 11.0 Å². The van der Waals surface area contributed by atoms with Crippen LogP contribution in [0.25, 0.3) is 0 Å². The molecule has 1 aromatic carbocycles. The van der Waals surface area contributed by atoms with Crippen LogP contribution in [0.3, 0.4) is 0 Å². The van der Waals surface area contributed by atoms with Crippen LogP contribution in [0.1, 0.15) is 5.56 Å². The van der Waals surface area contributed by atoms with E-state index in [1.54, 1.807) is 19.1 Å². The largest absolute Gasteiger partial charge is 0.478 e. The molecule has 1 rings (SSSR count). The van der Waals surface area contributed by atoms with Gasteiger partial charge < -0.3 is 4.74 Å². The second-order valence-corrected chi connectivity index (χ2v) is 2.68. The average molecular weight is 202 g/mol. The number of hydrogen-bond donors (Lipinski definition) is 0. The number of nitro groups is 1. The summed E-state index contributed by atoms with van der Waals surface area (Å²) in [5, 5.41) is 10.5.